The molecule has 0 saturated heterocycles. The molecule has 2 aromatic carbocycles. The quantitative estimate of drug-likeness (QED) is 0.178. The number of phenols is 2. The highest BCUT2D eigenvalue weighted by Gasteiger charge is 2.34. The van der Waals surface area contributed by atoms with Crippen molar-refractivity contribution in [3.8, 4) is 11.5 Å². The van der Waals surface area contributed by atoms with Crippen molar-refractivity contribution in [2.75, 3.05) is 36.0 Å². The van der Waals surface area contributed by atoms with E-state index in [2.05, 4.69) is 37.5 Å². The van der Waals surface area contributed by atoms with Crippen molar-refractivity contribution in [1.82, 2.24) is 0 Å². The minimum Gasteiger partial charge on any atom is -0.507 e. The van der Waals surface area contributed by atoms with E-state index >= 15 is 0 Å². The zero-order valence-corrected chi connectivity index (χ0v) is 23.6. The molecule has 0 radical (unpaired) electrons. The summed E-state index contributed by atoms with van der Waals surface area (Å²) in [6.45, 7) is 12.3. The molecule has 2 aromatic rings. The number of anilines is 2. The molecule has 0 spiro atoms. The van der Waals surface area contributed by atoms with Gasteiger partial charge in [0.25, 0.3) is 0 Å². The summed E-state index contributed by atoms with van der Waals surface area (Å²) in [6.07, 6.45) is 8.67. The van der Waals surface area contributed by atoms with Crippen LogP contribution in [0.25, 0.3) is 11.1 Å². The third-order valence-electron chi connectivity index (χ3n) is 7.31. The van der Waals surface area contributed by atoms with E-state index in [1.165, 1.54) is 0 Å². The first kappa shape index (κ1) is 29.3. The average molecular weight is 523 g/mol. The van der Waals surface area contributed by atoms with Gasteiger partial charge in [-0.3, -0.25) is 0 Å². The Balaban J connectivity index is 1.84. The van der Waals surface area contributed by atoms with Crippen LogP contribution in [0.1, 0.15) is 90.2 Å². The molecule has 0 aromatic heterocycles. The van der Waals surface area contributed by atoms with E-state index < -0.39 is 0 Å². The molecule has 6 heteroatoms. The highest BCUT2D eigenvalue weighted by molar-refractivity contribution is 6.08. The average Bonchev–Trinajstić information content (AvgIpc) is 2.91. The molecule has 3 rings (SSSR count). The predicted molar refractivity (Wildman–Crippen MR) is 159 cm³/mol. The van der Waals surface area contributed by atoms with Gasteiger partial charge >= 0.3 is 0 Å². The van der Waals surface area contributed by atoms with Gasteiger partial charge in [-0.2, -0.15) is 0 Å². The first-order valence-corrected chi connectivity index (χ1v) is 14.4. The zero-order chi connectivity index (χ0) is 27.7. The highest BCUT2D eigenvalue weighted by Crippen LogP contribution is 2.49. The first-order valence-electron chi connectivity index (χ1n) is 14.4. The summed E-state index contributed by atoms with van der Waals surface area (Å²) in [5, 5.41) is 43.6. The van der Waals surface area contributed by atoms with Crippen molar-refractivity contribution >= 4 is 22.5 Å². The second kappa shape index (κ2) is 14.0. The molecule has 0 heterocycles. The molecule has 0 unspecified atom stereocenters. The van der Waals surface area contributed by atoms with Gasteiger partial charge in [-0.1, -0.05) is 53.4 Å². The van der Waals surface area contributed by atoms with Crippen molar-refractivity contribution in [2.45, 2.75) is 79.1 Å². The van der Waals surface area contributed by atoms with Gasteiger partial charge in [0, 0.05) is 60.8 Å². The molecule has 1 aliphatic rings. The normalized spacial score (nSPS) is 13.2. The molecular weight excluding hydrogens is 476 g/mol. The topological polar surface area (TPSA) is 87.4 Å². The minimum atomic E-state index is -0.128. The van der Waals surface area contributed by atoms with Crippen LogP contribution >= 0.6 is 0 Å². The maximum absolute atomic E-state index is 10.9. The molecule has 0 atom stereocenters. The van der Waals surface area contributed by atoms with Crippen molar-refractivity contribution in [3.05, 3.63) is 59.0 Å². The molecule has 0 aliphatic heterocycles. The fourth-order valence-corrected chi connectivity index (χ4v) is 4.91. The van der Waals surface area contributed by atoms with Crippen LogP contribution in [0, 0.1) is 0 Å². The highest BCUT2D eigenvalue weighted by atomic mass is 16.3. The number of unbranched alkanes of at least 4 members (excludes halogenated alkanes) is 4. The van der Waals surface area contributed by atoms with E-state index in [1.54, 1.807) is 24.3 Å². The molecule has 1 aliphatic carbocycles. The maximum Gasteiger partial charge on any atom is 0.139 e. The lowest BCUT2D eigenvalue weighted by molar-refractivity contribution is 0.386. The van der Waals surface area contributed by atoms with Gasteiger partial charge in [0.1, 0.15) is 23.0 Å². The Kier molecular flexibility index (Phi) is 10.8. The van der Waals surface area contributed by atoms with Crippen LogP contribution in [0.2, 0.25) is 0 Å². The summed E-state index contributed by atoms with van der Waals surface area (Å²) in [5.41, 5.74) is 3.02. The predicted octanol–water partition coefficient (Wildman–Crippen LogP) is 8.16. The smallest absolute Gasteiger partial charge is 0.139 e. The third-order valence-corrected chi connectivity index (χ3v) is 7.31. The van der Waals surface area contributed by atoms with Crippen LogP contribution < -0.4 is 9.80 Å². The Morgan fingerprint density at radius 2 is 0.816 bits per heavy atom. The molecule has 4 N–H and O–H groups in total. The van der Waals surface area contributed by atoms with Gasteiger partial charge in [0.15, 0.2) is 0 Å². The molecule has 38 heavy (non-hydrogen) atoms. The molecule has 0 saturated carbocycles. The van der Waals surface area contributed by atoms with E-state index in [1.807, 2.05) is 12.1 Å². The van der Waals surface area contributed by atoms with Gasteiger partial charge in [-0.05, 0) is 49.9 Å². The van der Waals surface area contributed by atoms with Gasteiger partial charge in [0.2, 0.25) is 0 Å². The molecule has 208 valence electrons. The van der Waals surface area contributed by atoms with Gasteiger partial charge in [-0.15, -0.1) is 0 Å². The SMILES string of the molecule is CCCCN(CCCC)c1ccc(C2=C(O)C(c3ccc(N(CCCC)CCCC)cc3O)=C2O)c(O)c1. The number of aliphatic hydroxyl groups is 2. The maximum atomic E-state index is 10.9. The van der Waals surface area contributed by atoms with E-state index in [0.29, 0.717) is 11.1 Å². The standard InChI is InChI=1S/C32H46N2O4/c1-5-9-17-33(18-10-6-2)23-13-15-25(27(35)21-23)29-31(37)30(32(29)38)26-16-14-24(22-28(26)36)34(19-11-7-3)20-12-8-4/h13-16,21-22,35-38H,5-12,17-20H2,1-4H3. The second-order valence-corrected chi connectivity index (χ2v) is 10.2. The lowest BCUT2D eigenvalue weighted by Gasteiger charge is -2.28. The van der Waals surface area contributed by atoms with E-state index in [9.17, 15) is 20.4 Å². The second-order valence-electron chi connectivity index (χ2n) is 10.2. The van der Waals surface area contributed by atoms with E-state index in [4.69, 9.17) is 0 Å². The van der Waals surface area contributed by atoms with Gasteiger partial charge < -0.3 is 30.2 Å². The number of hydrogen-bond acceptors (Lipinski definition) is 6. The lowest BCUT2D eigenvalue weighted by Crippen LogP contribution is -2.25. The summed E-state index contributed by atoms with van der Waals surface area (Å²) in [5.74, 6) is -0.239. The Morgan fingerprint density at radius 1 is 0.500 bits per heavy atom. The number of phenolic OH excluding ortho intramolecular Hbond substituents is 2. The van der Waals surface area contributed by atoms with Crippen LogP contribution in [0.15, 0.2) is 47.9 Å². The third kappa shape index (κ3) is 6.58. The number of hydrogen-bond donors (Lipinski definition) is 4. The van der Waals surface area contributed by atoms with Crippen LogP contribution in [0.5, 0.6) is 11.5 Å². The number of benzene rings is 2. The minimum absolute atomic E-state index is 0.00899. The largest absolute Gasteiger partial charge is 0.507 e. The zero-order valence-electron chi connectivity index (χ0n) is 23.6. The summed E-state index contributed by atoms with van der Waals surface area (Å²) in [7, 11) is 0. The fourth-order valence-electron chi connectivity index (χ4n) is 4.91. The van der Waals surface area contributed by atoms with Crippen molar-refractivity contribution in [1.29, 1.82) is 0 Å². The van der Waals surface area contributed by atoms with Gasteiger partial charge in [-0.25, -0.2) is 0 Å². The van der Waals surface area contributed by atoms with Crippen molar-refractivity contribution in [2.24, 2.45) is 0 Å². The van der Waals surface area contributed by atoms with E-state index in [0.717, 1.165) is 88.9 Å². The molecule has 6 nitrogen and oxygen atoms in total. The number of aliphatic hydroxyl groups excluding tert-OH is 2. The van der Waals surface area contributed by atoms with Crippen LogP contribution in [-0.2, 0) is 0 Å². The lowest BCUT2D eigenvalue weighted by atomic mass is 9.83. The molecule has 0 bridgehead atoms. The summed E-state index contributed by atoms with van der Waals surface area (Å²) >= 11 is 0. The van der Waals surface area contributed by atoms with Crippen LogP contribution in [-0.4, -0.2) is 46.6 Å². The van der Waals surface area contributed by atoms with Crippen LogP contribution in [0.4, 0.5) is 11.4 Å². The number of rotatable bonds is 16. The number of allylic oxidation sites excluding steroid dienone is 2. The Bertz CT molecular complexity index is 1020. The Labute approximate surface area is 228 Å². The summed E-state index contributed by atoms with van der Waals surface area (Å²) in [4.78, 5) is 4.55. The first-order chi connectivity index (χ1) is 18.4. The summed E-state index contributed by atoms with van der Waals surface area (Å²) in [6, 6.07) is 10.8. The Hall–Kier alpha value is -3.28. The Morgan fingerprint density at radius 3 is 1.08 bits per heavy atom. The van der Waals surface area contributed by atoms with Crippen LogP contribution in [0.3, 0.4) is 0 Å². The van der Waals surface area contributed by atoms with Gasteiger partial charge in [0.05, 0.1) is 11.1 Å². The van der Waals surface area contributed by atoms with Crippen molar-refractivity contribution < 1.29 is 20.4 Å². The fraction of sp³-hybridized carbons (Fsp3) is 0.500. The molecule has 0 amide bonds. The summed E-state index contributed by atoms with van der Waals surface area (Å²) < 4.78 is 0. The number of nitrogens with zero attached hydrogens (tertiary/aromatic N) is 2. The monoisotopic (exact) mass is 522 g/mol. The van der Waals surface area contributed by atoms with E-state index in [-0.39, 0.29) is 34.2 Å². The molecular formula is C32H46N2O4. The number of aromatic hydroxyl groups is 2. The molecule has 0 fully saturated rings. The van der Waals surface area contributed by atoms with Crippen molar-refractivity contribution in [3.63, 3.8) is 0 Å².